The van der Waals surface area contributed by atoms with Gasteiger partial charge < -0.3 is 15.5 Å². The zero-order chi connectivity index (χ0) is 16.7. The molecule has 1 atom stereocenters. The van der Waals surface area contributed by atoms with Crippen LogP contribution in [0.3, 0.4) is 0 Å². The van der Waals surface area contributed by atoms with Gasteiger partial charge in [-0.25, -0.2) is 0 Å². The summed E-state index contributed by atoms with van der Waals surface area (Å²) in [7, 11) is 6.03. The van der Waals surface area contributed by atoms with Crippen LogP contribution in [0, 0.1) is 0 Å². The lowest BCUT2D eigenvalue weighted by atomic mass is 10.1. The Morgan fingerprint density at radius 1 is 1.30 bits per heavy atom. The Hall–Kier alpha value is -1.20. The van der Waals surface area contributed by atoms with E-state index < -0.39 is 0 Å². The van der Waals surface area contributed by atoms with Gasteiger partial charge in [0.05, 0.1) is 0 Å². The Labute approximate surface area is 145 Å². The maximum Gasteiger partial charge on any atom is 0.191 e. The van der Waals surface area contributed by atoms with Crippen molar-refractivity contribution in [3.8, 4) is 0 Å². The number of hydrogen-bond acceptors (Lipinski definition) is 3. The van der Waals surface area contributed by atoms with E-state index >= 15 is 0 Å². The lowest BCUT2D eigenvalue weighted by Crippen LogP contribution is -2.43. The molecule has 1 fully saturated rings. The average Bonchev–Trinajstić information content (AvgIpc) is 2.94. The number of guanidine groups is 1. The normalized spacial score (nSPS) is 21.7. The molecule has 0 amide bonds. The first-order valence-corrected chi connectivity index (χ1v) is 9.30. The Balaban J connectivity index is 1.83. The Morgan fingerprint density at radius 2 is 2.09 bits per heavy atom. The van der Waals surface area contributed by atoms with Crippen molar-refractivity contribution in [3.05, 3.63) is 35.4 Å². The first-order chi connectivity index (χ1) is 11.0. The third-order valence-corrected chi connectivity index (χ3v) is 5.64. The summed E-state index contributed by atoms with van der Waals surface area (Å²) >= 11 is 2.07. The van der Waals surface area contributed by atoms with E-state index in [0.717, 1.165) is 25.6 Å². The fourth-order valence-corrected chi connectivity index (χ4v) is 4.10. The predicted octanol–water partition coefficient (Wildman–Crippen LogP) is 2.70. The van der Waals surface area contributed by atoms with Gasteiger partial charge in [-0.15, -0.1) is 0 Å². The summed E-state index contributed by atoms with van der Waals surface area (Å²) in [5.41, 5.74) is 2.63. The molecule has 0 bridgehead atoms. The number of nitrogens with zero attached hydrogens (tertiary/aromatic N) is 2. The van der Waals surface area contributed by atoms with Crippen molar-refractivity contribution in [1.82, 2.24) is 15.5 Å². The van der Waals surface area contributed by atoms with Gasteiger partial charge in [-0.1, -0.05) is 24.3 Å². The number of aliphatic imine (C=N–C) groups is 1. The minimum atomic E-state index is 0.350. The van der Waals surface area contributed by atoms with E-state index in [1.165, 1.54) is 29.7 Å². The Bertz CT molecular complexity index is 522. The first kappa shape index (κ1) is 18.1. The predicted molar refractivity (Wildman–Crippen MR) is 102 cm³/mol. The SMILES string of the molecule is CN=C(NCc1cccc(CN(C)C)c1)NCC1(C)CCCS1. The van der Waals surface area contributed by atoms with Crippen molar-refractivity contribution in [3.63, 3.8) is 0 Å². The smallest absolute Gasteiger partial charge is 0.191 e. The molecular formula is C18H30N4S. The molecule has 2 N–H and O–H groups in total. The van der Waals surface area contributed by atoms with E-state index in [1.54, 1.807) is 0 Å². The van der Waals surface area contributed by atoms with E-state index in [0.29, 0.717) is 4.75 Å². The minimum absolute atomic E-state index is 0.350. The molecule has 0 spiro atoms. The summed E-state index contributed by atoms with van der Waals surface area (Å²) in [6.07, 6.45) is 2.61. The molecule has 1 aliphatic rings. The summed E-state index contributed by atoms with van der Waals surface area (Å²) in [6, 6.07) is 8.72. The fraction of sp³-hybridized carbons (Fsp3) is 0.611. The highest BCUT2D eigenvalue weighted by Gasteiger charge is 2.29. The van der Waals surface area contributed by atoms with Crippen molar-refractivity contribution in [2.45, 2.75) is 37.6 Å². The third-order valence-electron chi connectivity index (χ3n) is 4.10. The fourth-order valence-electron chi connectivity index (χ4n) is 2.86. The van der Waals surface area contributed by atoms with E-state index in [2.05, 4.69) is 77.6 Å². The van der Waals surface area contributed by atoms with Gasteiger partial charge in [0, 0.05) is 31.4 Å². The average molecular weight is 335 g/mol. The summed E-state index contributed by atoms with van der Waals surface area (Å²) in [4.78, 5) is 6.53. The molecule has 1 unspecified atom stereocenters. The van der Waals surface area contributed by atoms with Crippen molar-refractivity contribution in [2.24, 2.45) is 4.99 Å². The monoisotopic (exact) mass is 334 g/mol. The summed E-state index contributed by atoms with van der Waals surface area (Å²) in [6.45, 7) is 5.08. The van der Waals surface area contributed by atoms with E-state index in [4.69, 9.17) is 0 Å². The Morgan fingerprint density at radius 3 is 2.74 bits per heavy atom. The van der Waals surface area contributed by atoms with Crippen molar-refractivity contribution in [1.29, 1.82) is 0 Å². The molecule has 1 aromatic rings. The molecule has 1 saturated heterocycles. The van der Waals surface area contributed by atoms with Crippen LogP contribution in [0.4, 0.5) is 0 Å². The van der Waals surface area contributed by atoms with Crippen molar-refractivity contribution in [2.75, 3.05) is 33.4 Å². The number of benzene rings is 1. The van der Waals surface area contributed by atoms with Gasteiger partial charge in [0.2, 0.25) is 0 Å². The van der Waals surface area contributed by atoms with Crippen molar-refractivity contribution >= 4 is 17.7 Å². The molecule has 5 heteroatoms. The number of thioether (sulfide) groups is 1. The van der Waals surface area contributed by atoms with Gasteiger partial charge in [-0.2, -0.15) is 11.8 Å². The number of hydrogen-bond donors (Lipinski definition) is 2. The molecule has 1 aliphatic heterocycles. The van der Waals surface area contributed by atoms with Crippen LogP contribution in [0.15, 0.2) is 29.3 Å². The topological polar surface area (TPSA) is 39.7 Å². The highest BCUT2D eigenvalue weighted by atomic mass is 32.2. The van der Waals surface area contributed by atoms with Crippen LogP contribution in [0.25, 0.3) is 0 Å². The summed E-state index contributed by atoms with van der Waals surface area (Å²) in [5.74, 6) is 2.17. The lowest BCUT2D eigenvalue weighted by Gasteiger charge is -2.24. The molecule has 0 aliphatic carbocycles. The van der Waals surface area contributed by atoms with Gasteiger partial charge >= 0.3 is 0 Å². The molecule has 1 aromatic carbocycles. The zero-order valence-corrected chi connectivity index (χ0v) is 15.7. The summed E-state index contributed by atoms with van der Waals surface area (Å²) in [5, 5.41) is 6.90. The quantitative estimate of drug-likeness (QED) is 0.620. The molecular weight excluding hydrogens is 304 g/mol. The van der Waals surface area contributed by atoms with Gasteiger partial charge in [0.1, 0.15) is 0 Å². The Kier molecular flexibility index (Phi) is 6.78. The molecule has 1 heterocycles. The minimum Gasteiger partial charge on any atom is -0.355 e. The van der Waals surface area contributed by atoms with Crippen LogP contribution < -0.4 is 10.6 Å². The van der Waals surface area contributed by atoms with Crippen LogP contribution in [-0.2, 0) is 13.1 Å². The molecule has 0 aromatic heterocycles. The van der Waals surface area contributed by atoms with Gasteiger partial charge in [0.15, 0.2) is 5.96 Å². The van der Waals surface area contributed by atoms with Crippen LogP contribution in [0.5, 0.6) is 0 Å². The molecule has 23 heavy (non-hydrogen) atoms. The highest BCUT2D eigenvalue weighted by Crippen LogP contribution is 2.36. The second-order valence-electron chi connectivity index (χ2n) is 6.74. The van der Waals surface area contributed by atoms with Crippen LogP contribution >= 0.6 is 11.8 Å². The standard InChI is InChI=1S/C18H30N4S/c1-18(9-6-10-23-18)14-21-17(19-2)20-12-15-7-5-8-16(11-15)13-22(3)4/h5,7-8,11H,6,9-10,12-14H2,1-4H3,(H2,19,20,21). The zero-order valence-electron chi connectivity index (χ0n) is 14.9. The van der Waals surface area contributed by atoms with Crippen LogP contribution in [-0.4, -0.2) is 49.0 Å². The first-order valence-electron chi connectivity index (χ1n) is 8.32. The maximum atomic E-state index is 4.34. The van der Waals surface area contributed by atoms with Gasteiger partial charge in [-0.3, -0.25) is 4.99 Å². The van der Waals surface area contributed by atoms with E-state index in [1.807, 2.05) is 7.05 Å². The van der Waals surface area contributed by atoms with Crippen molar-refractivity contribution < 1.29 is 0 Å². The number of nitrogens with one attached hydrogen (secondary N) is 2. The van der Waals surface area contributed by atoms with Gasteiger partial charge in [0.25, 0.3) is 0 Å². The third kappa shape index (κ3) is 6.07. The highest BCUT2D eigenvalue weighted by molar-refractivity contribution is 8.00. The molecule has 0 saturated carbocycles. The maximum absolute atomic E-state index is 4.34. The van der Waals surface area contributed by atoms with E-state index in [9.17, 15) is 0 Å². The summed E-state index contributed by atoms with van der Waals surface area (Å²) < 4.78 is 0.350. The van der Waals surface area contributed by atoms with E-state index in [-0.39, 0.29) is 0 Å². The van der Waals surface area contributed by atoms with Gasteiger partial charge in [-0.05, 0) is 50.7 Å². The molecule has 128 valence electrons. The number of rotatable bonds is 6. The van der Waals surface area contributed by atoms with Crippen LogP contribution in [0.2, 0.25) is 0 Å². The second kappa shape index (κ2) is 8.60. The molecule has 0 radical (unpaired) electrons. The second-order valence-corrected chi connectivity index (χ2v) is 8.42. The molecule has 4 nitrogen and oxygen atoms in total. The molecule has 2 rings (SSSR count). The van der Waals surface area contributed by atoms with Crippen LogP contribution in [0.1, 0.15) is 30.9 Å². The largest absolute Gasteiger partial charge is 0.355 e. The lowest BCUT2D eigenvalue weighted by molar-refractivity contribution is 0.402.